The van der Waals surface area contributed by atoms with E-state index in [1.54, 1.807) is 0 Å². The fourth-order valence-corrected chi connectivity index (χ4v) is 0.606. The summed E-state index contributed by atoms with van der Waals surface area (Å²) < 4.78 is 12.2. The molecule has 0 saturated carbocycles. The molecule has 7 heavy (non-hydrogen) atoms. The summed E-state index contributed by atoms with van der Waals surface area (Å²) >= 11 is 0. The minimum Gasteiger partial charge on any atom is -0.376 e. The summed E-state index contributed by atoms with van der Waals surface area (Å²) in [6, 6.07) is 0. The van der Waals surface area contributed by atoms with Gasteiger partial charge in [-0.25, -0.2) is 0 Å². The Morgan fingerprint density at radius 3 is 3.29 bits per heavy atom. The molecule has 1 heterocycles. The first-order chi connectivity index (χ1) is 3.79. The van der Waals surface area contributed by atoms with Crippen molar-refractivity contribution < 1.29 is 6.11 Å². The molecule has 2 heteroatoms. The van der Waals surface area contributed by atoms with Gasteiger partial charge in [0.2, 0.25) is 0 Å². The van der Waals surface area contributed by atoms with E-state index in [4.69, 9.17) is 6.11 Å². The third kappa shape index (κ3) is 1.45. The van der Waals surface area contributed by atoms with E-state index in [9.17, 15) is 0 Å². The summed E-state index contributed by atoms with van der Waals surface area (Å²) in [4.78, 5) is 0. The van der Waals surface area contributed by atoms with Crippen molar-refractivity contribution in [2.24, 2.45) is 0 Å². The Morgan fingerprint density at radius 2 is 2.86 bits per heavy atom. The van der Waals surface area contributed by atoms with Gasteiger partial charge in [0.05, 0.1) is 14.1 Å². The minimum absolute atomic E-state index is 0.214. The van der Waals surface area contributed by atoms with Crippen molar-refractivity contribution in [1.82, 2.24) is 5.32 Å². The highest BCUT2D eigenvalue weighted by molar-refractivity contribution is 4.59. The average molecular weight is 103 g/mol. The maximum Gasteiger partial charge on any atom is 0.0672 e. The van der Waals surface area contributed by atoms with Crippen molar-refractivity contribution in [3.05, 3.63) is 0 Å². The first-order valence-electron chi connectivity index (χ1n) is 3.15. The van der Waals surface area contributed by atoms with Gasteiger partial charge in [0, 0.05) is 13.1 Å². The highest BCUT2D eigenvalue weighted by Gasteiger charge is 2.04. The van der Waals surface area contributed by atoms with E-state index in [0.717, 1.165) is 6.54 Å². The van der Waals surface area contributed by atoms with Crippen LogP contribution in [0.3, 0.4) is 0 Å². The Hall–Kier alpha value is -0.0800. The van der Waals surface area contributed by atoms with Crippen LogP contribution in [0.25, 0.3) is 0 Å². The van der Waals surface area contributed by atoms with Crippen LogP contribution in [0, 0.1) is 0 Å². The molecule has 0 aromatic carbocycles. The molecule has 0 bridgehead atoms. The fraction of sp³-hybridized carbons (Fsp3) is 1.00. The summed E-state index contributed by atoms with van der Waals surface area (Å²) in [6.45, 7) is 3.17. The monoisotopic (exact) mass is 103 g/mol. The molecule has 0 spiro atoms. The normalized spacial score (nSPS) is 45.6. The summed E-state index contributed by atoms with van der Waals surface area (Å²) in [7, 11) is 0. The van der Waals surface area contributed by atoms with Crippen molar-refractivity contribution in [2.45, 2.75) is 13.0 Å². The van der Waals surface area contributed by atoms with E-state index < -0.39 is 0 Å². The SMILES string of the molecule is [3H][C@H]1CNC[C@@H](C)O1. The lowest BCUT2D eigenvalue weighted by Gasteiger charge is -2.18. The van der Waals surface area contributed by atoms with Crippen LogP contribution < -0.4 is 5.32 Å². The second-order valence-corrected chi connectivity index (χ2v) is 1.77. The number of hydrogen-bond acceptors (Lipinski definition) is 2. The zero-order chi connectivity index (χ0) is 5.98. The lowest BCUT2D eigenvalue weighted by Crippen LogP contribution is -2.36. The molecule has 1 rings (SSSR count). The van der Waals surface area contributed by atoms with Gasteiger partial charge in [-0.05, 0) is 6.92 Å². The van der Waals surface area contributed by atoms with Gasteiger partial charge in [0.1, 0.15) is 0 Å². The Morgan fingerprint density at radius 1 is 2.00 bits per heavy atom. The molecule has 2 atom stereocenters. The molecule has 1 fully saturated rings. The molecule has 1 aliphatic rings. The summed E-state index contributed by atoms with van der Waals surface area (Å²) in [6.07, 6.45) is 0.214. The average Bonchev–Trinajstić information content (AvgIpc) is 1.64. The van der Waals surface area contributed by atoms with Crippen molar-refractivity contribution in [3.63, 3.8) is 0 Å². The van der Waals surface area contributed by atoms with Crippen LogP contribution in [-0.2, 0) is 4.74 Å². The molecule has 1 N–H and O–H groups in total. The lowest BCUT2D eigenvalue weighted by atomic mass is 10.3. The van der Waals surface area contributed by atoms with Crippen LogP contribution >= 0.6 is 0 Å². The minimum atomic E-state index is -0.348. The molecular weight excluding hydrogens is 90.1 g/mol. The summed E-state index contributed by atoms with van der Waals surface area (Å²) in [5.41, 5.74) is 0. The maximum atomic E-state index is 7.12. The van der Waals surface area contributed by atoms with E-state index in [1.807, 2.05) is 6.92 Å². The van der Waals surface area contributed by atoms with Crippen LogP contribution in [0.4, 0.5) is 0 Å². The fourth-order valence-electron chi connectivity index (χ4n) is 0.606. The van der Waals surface area contributed by atoms with Gasteiger partial charge in [0.25, 0.3) is 0 Å². The smallest absolute Gasteiger partial charge is 0.0672 e. The molecule has 1 aliphatic heterocycles. The first kappa shape index (κ1) is 3.87. The zero-order valence-electron chi connectivity index (χ0n) is 5.48. The largest absolute Gasteiger partial charge is 0.376 e. The number of nitrogens with one attached hydrogen (secondary N) is 1. The highest BCUT2D eigenvalue weighted by Crippen LogP contribution is 1.91. The van der Waals surface area contributed by atoms with Gasteiger partial charge in [-0.3, -0.25) is 0 Å². The van der Waals surface area contributed by atoms with Gasteiger partial charge in [-0.15, -0.1) is 0 Å². The van der Waals surface area contributed by atoms with Gasteiger partial charge >= 0.3 is 0 Å². The Kier molecular flexibility index (Phi) is 1.26. The van der Waals surface area contributed by atoms with Crippen LogP contribution in [0.2, 0.25) is 0 Å². The lowest BCUT2D eigenvalue weighted by molar-refractivity contribution is 0.0410. The third-order valence-electron chi connectivity index (χ3n) is 0.988. The predicted octanol–water partition coefficient (Wildman–Crippen LogP) is -0.00530. The van der Waals surface area contributed by atoms with Crippen molar-refractivity contribution in [3.8, 4) is 0 Å². The molecular formula is C5H11NO. The van der Waals surface area contributed by atoms with Gasteiger partial charge in [0.15, 0.2) is 0 Å². The molecule has 0 amide bonds. The third-order valence-corrected chi connectivity index (χ3v) is 0.988. The van der Waals surface area contributed by atoms with E-state index in [0.29, 0.717) is 6.54 Å². The number of hydrogen-bond donors (Lipinski definition) is 1. The van der Waals surface area contributed by atoms with E-state index in [-0.39, 0.29) is 12.7 Å². The quantitative estimate of drug-likeness (QED) is 0.466. The van der Waals surface area contributed by atoms with Gasteiger partial charge in [-0.1, -0.05) is 0 Å². The van der Waals surface area contributed by atoms with Crippen molar-refractivity contribution >= 4 is 0 Å². The molecule has 2 nitrogen and oxygen atoms in total. The molecule has 1 saturated heterocycles. The summed E-state index contributed by atoms with van der Waals surface area (Å²) in [5.74, 6) is 0. The van der Waals surface area contributed by atoms with Crippen LogP contribution in [0.5, 0.6) is 0 Å². The molecule has 0 aromatic rings. The van der Waals surface area contributed by atoms with Gasteiger partial charge < -0.3 is 10.1 Å². The molecule has 0 radical (unpaired) electrons. The van der Waals surface area contributed by atoms with Crippen molar-refractivity contribution in [1.29, 1.82) is 0 Å². The van der Waals surface area contributed by atoms with Crippen molar-refractivity contribution in [2.75, 3.05) is 19.7 Å². The molecule has 0 aromatic heterocycles. The second kappa shape index (κ2) is 2.28. The Bertz CT molecular complexity index is 70.8. The first-order valence-corrected chi connectivity index (χ1v) is 2.57. The van der Waals surface area contributed by atoms with E-state index in [1.165, 1.54) is 0 Å². The Balaban J connectivity index is 2.23. The number of morpholine rings is 1. The standard InChI is InChI=1S/C5H11NO/c1-5-4-6-2-3-7-5/h5-6H,2-4H2,1H3/t5-/m1/s1/i3T/t3-,5+/m0. The maximum absolute atomic E-state index is 7.12. The van der Waals surface area contributed by atoms with E-state index >= 15 is 0 Å². The Labute approximate surface area is 45.3 Å². The summed E-state index contributed by atoms with van der Waals surface area (Å²) in [5, 5.41) is 3.07. The predicted molar refractivity (Wildman–Crippen MR) is 28.3 cm³/mol. The topological polar surface area (TPSA) is 21.3 Å². The van der Waals surface area contributed by atoms with E-state index in [2.05, 4.69) is 5.32 Å². The number of rotatable bonds is 0. The molecule has 0 unspecified atom stereocenters. The van der Waals surface area contributed by atoms with Crippen LogP contribution in [0.15, 0.2) is 0 Å². The zero-order valence-corrected chi connectivity index (χ0v) is 4.48. The highest BCUT2D eigenvalue weighted by atomic mass is 16.5. The van der Waals surface area contributed by atoms with Crippen LogP contribution in [0.1, 0.15) is 8.29 Å². The molecule has 0 aliphatic carbocycles. The molecule has 42 valence electrons. The van der Waals surface area contributed by atoms with Gasteiger partial charge in [-0.2, -0.15) is 0 Å². The van der Waals surface area contributed by atoms with Crippen LogP contribution in [-0.4, -0.2) is 25.8 Å². The number of ether oxygens (including phenoxy) is 1. The second-order valence-electron chi connectivity index (χ2n) is 1.77.